The van der Waals surface area contributed by atoms with Crippen LogP contribution in [0.4, 0.5) is 18.0 Å². The van der Waals surface area contributed by atoms with Crippen molar-refractivity contribution in [3.63, 3.8) is 0 Å². The van der Waals surface area contributed by atoms with Crippen LogP contribution in [0.2, 0.25) is 0 Å². The van der Waals surface area contributed by atoms with Gasteiger partial charge in [0.1, 0.15) is 10.5 Å². The van der Waals surface area contributed by atoms with Crippen molar-refractivity contribution in [3.05, 3.63) is 21.9 Å². The summed E-state index contributed by atoms with van der Waals surface area (Å²) < 4.78 is 42.4. The summed E-state index contributed by atoms with van der Waals surface area (Å²) in [5.74, 6) is 0. The van der Waals surface area contributed by atoms with Crippen molar-refractivity contribution in [2.24, 2.45) is 5.73 Å². The molecule has 0 aliphatic rings. The number of carbonyl (C=O) groups excluding carboxylic acids is 1. The fourth-order valence-electron chi connectivity index (χ4n) is 1.50. The second-order valence-electron chi connectivity index (χ2n) is 5.61. The first-order chi connectivity index (χ1) is 9.47. The number of halogens is 3. The Morgan fingerprint density at radius 2 is 2.00 bits per heavy atom. The van der Waals surface area contributed by atoms with E-state index in [2.05, 4.69) is 5.32 Å². The highest BCUT2D eigenvalue weighted by atomic mass is 32.1. The molecule has 0 bridgehead atoms. The van der Waals surface area contributed by atoms with Gasteiger partial charge in [0.2, 0.25) is 0 Å². The van der Waals surface area contributed by atoms with Crippen LogP contribution in [0.25, 0.3) is 0 Å². The Morgan fingerprint density at radius 1 is 1.38 bits per heavy atom. The number of rotatable bonds is 4. The first-order valence-corrected chi connectivity index (χ1v) is 7.17. The van der Waals surface area contributed by atoms with E-state index in [1.165, 1.54) is 6.07 Å². The van der Waals surface area contributed by atoms with Gasteiger partial charge in [0.25, 0.3) is 0 Å². The molecular weight excluding hydrogens is 305 g/mol. The number of ether oxygens (including phenoxy) is 1. The average molecular weight is 324 g/mol. The van der Waals surface area contributed by atoms with Gasteiger partial charge in [-0.1, -0.05) is 0 Å². The fourth-order valence-corrected chi connectivity index (χ4v) is 2.47. The van der Waals surface area contributed by atoms with Gasteiger partial charge in [0, 0.05) is 17.5 Å². The third-order valence-electron chi connectivity index (χ3n) is 2.31. The molecule has 0 saturated carbocycles. The molecule has 0 spiro atoms. The van der Waals surface area contributed by atoms with Gasteiger partial charge in [-0.15, -0.1) is 11.3 Å². The van der Waals surface area contributed by atoms with Crippen LogP contribution in [-0.2, 0) is 17.3 Å². The van der Waals surface area contributed by atoms with Crippen molar-refractivity contribution in [1.82, 2.24) is 5.32 Å². The molecule has 0 saturated heterocycles. The smallest absolute Gasteiger partial charge is 0.425 e. The Balaban J connectivity index is 2.42. The second kappa shape index (κ2) is 6.65. The van der Waals surface area contributed by atoms with Gasteiger partial charge in [-0.05, 0) is 39.3 Å². The lowest BCUT2D eigenvalue weighted by Crippen LogP contribution is -2.40. The van der Waals surface area contributed by atoms with Crippen LogP contribution >= 0.6 is 11.3 Å². The van der Waals surface area contributed by atoms with Gasteiger partial charge in [-0.3, -0.25) is 0 Å². The predicted molar refractivity (Wildman–Crippen MR) is 75.2 cm³/mol. The van der Waals surface area contributed by atoms with Gasteiger partial charge in [0.15, 0.2) is 0 Å². The molecule has 0 aliphatic heterocycles. The molecule has 0 radical (unpaired) electrons. The average Bonchev–Trinajstić information content (AvgIpc) is 2.72. The molecule has 0 fully saturated rings. The summed E-state index contributed by atoms with van der Waals surface area (Å²) in [7, 11) is 0. The topological polar surface area (TPSA) is 64.3 Å². The molecule has 1 aromatic heterocycles. The van der Waals surface area contributed by atoms with Crippen molar-refractivity contribution < 1.29 is 22.7 Å². The number of alkyl halides is 3. The Labute approximate surface area is 125 Å². The van der Waals surface area contributed by atoms with E-state index >= 15 is 0 Å². The molecule has 0 aromatic carbocycles. The minimum atomic E-state index is -4.33. The van der Waals surface area contributed by atoms with Crippen LogP contribution in [-0.4, -0.2) is 24.3 Å². The minimum absolute atomic E-state index is 0.133. The molecule has 1 aromatic rings. The van der Waals surface area contributed by atoms with Crippen molar-refractivity contribution in [2.45, 2.75) is 45.0 Å². The Hall–Kier alpha value is -1.28. The minimum Gasteiger partial charge on any atom is -0.444 e. The molecule has 1 heterocycles. The largest absolute Gasteiger partial charge is 0.444 e. The quantitative estimate of drug-likeness (QED) is 0.894. The van der Waals surface area contributed by atoms with Gasteiger partial charge in [0.05, 0.1) is 0 Å². The summed E-state index contributed by atoms with van der Waals surface area (Å²) in [6, 6.07) is 1.96. The maximum absolute atomic E-state index is 12.5. The fraction of sp³-hybridized carbons (Fsp3) is 0.615. The number of amides is 1. The summed E-state index contributed by atoms with van der Waals surface area (Å²) in [6.07, 6.45) is -4.67. The van der Waals surface area contributed by atoms with Gasteiger partial charge in [-0.2, -0.15) is 13.2 Å². The van der Waals surface area contributed by atoms with E-state index < -0.39 is 28.8 Å². The molecule has 120 valence electrons. The summed E-state index contributed by atoms with van der Waals surface area (Å²) in [4.78, 5) is 11.3. The van der Waals surface area contributed by atoms with Gasteiger partial charge in [-0.25, -0.2) is 4.79 Å². The predicted octanol–water partition coefficient (Wildman–Crippen LogP) is 3.16. The number of carbonyl (C=O) groups is 1. The highest BCUT2D eigenvalue weighted by Crippen LogP contribution is 2.34. The standard InChI is InChI=1S/C13H19F3N2O2S/c1-12(2,3)20-11(19)18-7-8(17)6-9-4-5-10(21-9)13(14,15)16/h4-5,8H,6-7,17H2,1-3H3,(H,18,19). The number of nitrogens with one attached hydrogen (secondary N) is 1. The Bertz CT molecular complexity index is 480. The normalized spacial score (nSPS) is 13.9. The van der Waals surface area contributed by atoms with Crippen molar-refractivity contribution in [3.8, 4) is 0 Å². The molecule has 21 heavy (non-hydrogen) atoms. The Kier molecular flexibility index (Phi) is 5.63. The first kappa shape index (κ1) is 17.8. The van der Waals surface area contributed by atoms with Crippen LogP contribution in [0, 0.1) is 0 Å². The Morgan fingerprint density at radius 3 is 2.48 bits per heavy atom. The van der Waals surface area contributed by atoms with Crippen molar-refractivity contribution in [1.29, 1.82) is 0 Å². The first-order valence-electron chi connectivity index (χ1n) is 6.36. The van der Waals surface area contributed by atoms with Crippen LogP contribution in [0.15, 0.2) is 12.1 Å². The lowest BCUT2D eigenvalue weighted by molar-refractivity contribution is -0.134. The van der Waals surface area contributed by atoms with E-state index in [1.54, 1.807) is 20.8 Å². The number of hydrogen-bond acceptors (Lipinski definition) is 4. The summed E-state index contributed by atoms with van der Waals surface area (Å²) in [6.45, 7) is 5.33. The zero-order valence-electron chi connectivity index (χ0n) is 12.1. The highest BCUT2D eigenvalue weighted by Gasteiger charge is 2.32. The third-order valence-corrected chi connectivity index (χ3v) is 3.46. The molecule has 1 atom stereocenters. The second-order valence-corrected chi connectivity index (χ2v) is 6.78. The van der Waals surface area contributed by atoms with Crippen LogP contribution in [0.1, 0.15) is 30.5 Å². The van der Waals surface area contributed by atoms with E-state index in [0.29, 0.717) is 16.2 Å². The number of hydrogen-bond donors (Lipinski definition) is 2. The third kappa shape index (κ3) is 6.81. The van der Waals surface area contributed by atoms with Gasteiger partial charge < -0.3 is 15.8 Å². The number of alkyl carbamates (subject to hydrolysis) is 1. The maximum atomic E-state index is 12.5. The summed E-state index contributed by atoms with van der Waals surface area (Å²) in [5, 5.41) is 2.49. The van der Waals surface area contributed by atoms with E-state index in [1.807, 2.05) is 0 Å². The SMILES string of the molecule is CC(C)(C)OC(=O)NCC(N)Cc1ccc(C(F)(F)F)s1. The monoisotopic (exact) mass is 324 g/mol. The van der Waals surface area contributed by atoms with E-state index in [0.717, 1.165) is 6.07 Å². The lowest BCUT2D eigenvalue weighted by atomic mass is 10.2. The van der Waals surface area contributed by atoms with Crippen LogP contribution in [0.5, 0.6) is 0 Å². The molecule has 1 unspecified atom stereocenters. The molecule has 8 heteroatoms. The number of nitrogens with two attached hydrogens (primary N) is 1. The molecule has 0 aliphatic carbocycles. The molecule has 4 nitrogen and oxygen atoms in total. The van der Waals surface area contributed by atoms with E-state index in [-0.39, 0.29) is 13.0 Å². The van der Waals surface area contributed by atoms with E-state index in [9.17, 15) is 18.0 Å². The van der Waals surface area contributed by atoms with E-state index in [4.69, 9.17) is 10.5 Å². The summed E-state index contributed by atoms with van der Waals surface area (Å²) >= 11 is 0.663. The molecule has 1 rings (SSSR count). The van der Waals surface area contributed by atoms with Crippen LogP contribution < -0.4 is 11.1 Å². The van der Waals surface area contributed by atoms with Crippen molar-refractivity contribution in [2.75, 3.05) is 6.54 Å². The number of thiophene rings is 1. The van der Waals surface area contributed by atoms with Crippen molar-refractivity contribution >= 4 is 17.4 Å². The molecular formula is C13H19F3N2O2S. The zero-order valence-corrected chi connectivity index (χ0v) is 12.9. The molecule has 3 N–H and O–H groups in total. The summed E-state index contributed by atoms with van der Waals surface area (Å²) in [5.41, 5.74) is 5.18. The maximum Gasteiger partial charge on any atom is 0.425 e. The highest BCUT2D eigenvalue weighted by molar-refractivity contribution is 7.12. The molecule has 1 amide bonds. The zero-order chi connectivity index (χ0) is 16.3. The van der Waals surface area contributed by atoms with Crippen LogP contribution in [0.3, 0.4) is 0 Å². The lowest BCUT2D eigenvalue weighted by Gasteiger charge is -2.20. The van der Waals surface area contributed by atoms with Gasteiger partial charge >= 0.3 is 12.3 Å².